The Morgan fingerprint density at radius 1 is 1.41 bits per heavy atom. The maximum Gasteiger partial charge on any atom is 0.0562 e. The normalized spacial score (nSPS) is 16.4. The molecule has 1 aromatic rings. The summed E-state index contributed by atoms with van der Waals surface area (Å²) in [7, 11) is 4.15. The zero-order valence-corrected chi connectivity index (χ0v) is 10.9. The van der Waals surface area contributed by atoms with Crippen molar-refractivity contribution < 1.29 is 0 Å². The third-order valence-corrected chi connectivity index (χ3v) is 3.61. The van der Waals surface area contributed by atoms with Crippen molar-refractivity contribution in [3.8, 4) is 0 Å². The van der Waals surface area contributed by atoms with E-state index >= 15 is 0 Å². The number of nitrogens with one attached hydrogen (secondary N) is 1. The van der Waals surface area contributed by atoms with Crippen LogP contribution in [0, 0.1) is 5.92 Å². The second kappa shape index (κ2) is 6.01. The number of pyridine rings is 1. The molecule has 2 rings (SSSR count). The zero-order valence-electron chi connectivity index (χ0n) is 10.9. The molecule has 1 aromatic heterocycles. The van der Waals surface area contributed by atoms with Gasteiger partial charge in [0.15, 0.2) is 0 Å². The van der Waals surface area contributed by atoms with Gasteiger partial charge >= 0.3 is 0 Å². The summed E-state index contributed by atoms with van der Waals surface area (Å²) in [5, 5.41) is 3.14. The summed E-state index contributed by atoms with van der Waals surface area (Å²) in [6.45, 7) is 2.02. The van der Waals surface area contributed by atoms with Gasteiger partial charge in [0.05, 0.1) is 5.69 Å². The fourth-order valence-corrected chi connectivity index (χ4v) is 2.67. The SMILES string of the molecule is CNCc1cc(N(C)CC2CCCC2)ccn1. The topological polar surface area (TPSA) is 28.2 Å². The molecule has 0 atom stereocenters. The minimum atomic E-state index is 0.838. The number of nitrogens with zero attached hydrogens (tertiary/aromatic N) is 2. The lowest BCUT2D eigenvalue weighted by atomic mass is 10.1. The molecule has 94 valence electrons. The molecule has 0 saturated heterocycles. The van der Waals surface area contributed by atoms with Crippen molar-refractivity contribution in [2.24, 2.45) is 5.92 Å². The van der Waals surface area contributed by atoms with Crippen molar-refractivity contribution in [2.45, 2.75) is 32.2 Å². The first kappa shape index (κ1) is 12.4. The maximum atomic E-state index is 4.35. The number of rotatable bonds is 5. The van der Waals surface area contributed by atoms with E-state index in [9.17, 15) is 0 Å². The van der Waals surface area contributed by atoms with Crippen LogP contribution in [0.4, 0.5) is 5.69 Å². The molecule has 0 radical (unpaired) electrons. The largest absolute Gasteiger partial charge is 0.374 e. The highest BCUT2D eigenvalue weighted by molar-refractivity contribution is 5.45. The molecule has 1 N–H and O–H groups in total. The van der Waals surface area contributed by atoms with Crippen molar-refractivity contribution >= 4 is 5.69 Å². The van der Waals surface area contributed by atoms with Crippen LogP contribution in [0.25, 0.3) is 0 Å². The molecule has 3 heteroatoms. The van der Waals surface area contributed by atoms with Gasteiger partial charge in [-0.05, 0) is 37.9 Å². The van der Waals surface area contributed by atoms with Crippen LogP contribution in [0.2, 0.25) is 0 Å². The Morgan fingerprint density at radius 3 is 2.88 bits per heavy atom. The second-order valence-electron chi connectivity index (χ2n) is 5.07. The predicted octanol–water partition coefficient (Wildman–Crippen LogP) is 2.43. The first-order chi connectivity index (χ1) is 8.29. The minimum absolute atomic E-state index is 0.838. The van der Waals surface area contributed by atoms with Crippen LogP contribution in [-0.4, -0.2) is 25.6 Å². The Kier molecular flexibility index (Phi) is 4.37. The summed E-state index contributed by atoms with van der Waals surface area (Å²) in [4.78, 5) is 6.73. The third-order valence-electron chi connectivity index (χ3n) is 3.61. The van der Waals surface area contributed by atoms with E-state index in [1.165, 1.54) is 37.9 Å². The lowest BCUT2D eigenvalue weighted by Crippen LogP contribution is -2.24. The van der Waals surface area contributed by atoms with Crippen LogP contribution in [0.1, 0.15) is 31.4 Å². The van der Waals surface area contributed by atoms with Gasteiger partial charge in [-0.2, -0.15) is 0 Å². The molecular formula is C14H23N3. The predicted molar refractivity (Wildman–Crippen MR) is 72.2 cm³/mol. The molecule has 1 heterocycles. The quantitative estimate of drug-likeness (QED) is 0.846. The smallest absolute Gasteiger partial charge is 0.0562 e. The summed E-state index contributed by atoms with van der Waals surface area (Å²) < 4.78 is 0. The van der Waals surface area contributed by atoms with Gasteiger partial charge in [-0.3, -0.25) is 4.98 Å². The highest BCUT2D eigenvalue weighted by Crippen LogP contribution is 2.26. The van der Waals surface area contributed by atoms with E-state index in [1.807, 2.05) is 13.2 Å². The standard InChI is InChI=1S/C14H23N3/c1-15-10-13-9-14(7-8-16-13)17(2)11-12-5-3-4-6-12/h7-9,12,15H,3-6,10-11H2,1-2H3. The van der Waals surface area contributed by atoms with Crippen LogP contribution >= 0.6 is 0 Å². The Labute approximate surface area is 104 Å². The molecule has 0 bridgehead atoms. The number of anilines is 1. The highest BCUT2D eigenvalue weighted by atomic mass is 15.1. The van der Waals surface area contributed by atoms with E-state index in [4.69, 9.17) is 0 Å². The minimum Gasteiger partial charge on any atom is -0.374 e. The van der Waals surface area contributed by atoms with Crippen LogP contribution < -0.4 is 10.2 Å². The van der Waals surface area contributed by atoms with Gasteiger partial charge in [0.1, 0.15) is 0 Å². The summed E-state index contributed by atoms with van der Waals surface area (Å²) in [5.41, 5.74) is 2.40. The molecule has 0 spiro atoms. The second-order valence-corrected chi connectivity index (χ2v) is 5.07. The summed E-state index contributed by atoms with van der Waals surface area (Å²) in [6.07, 6.45) is 7.55. The van der Waals surface area contributed by atoms with Gasteiger partial charge in [-0.1, -0.05) is 12.8 Å². The van der Waals surface area contributed by atoms with Crippen LogP contribution in [-0.2, 0) is 6.54 Å². The van der Waals surface area contributed by atoms with E-state index in [-0.39, 0.29) is 0 Å². The molecule has 1 fully saturated rings. The van der Waals surface area contributed by atoms with Gasteiger partial charge in [-0.15, -0.1) is 0 Å². The average molecular weight is 233 g/mol. The Hall–Kier alpha value is -1.09. The zero-order chi connectivity index (χ0) is 12.1. The van der Waals surface area contributed by atoms with E-state index in [2.05, 4.69) is 34.4 Å². The molecule has 0 unspecified atom stereocenters. The Bertz CT molecular complexity index is 345. The van der Waals surface area contributed by atoms with Gasteiger partial charge < -0.3 is 10.2 Å². The number of hydrogen-bond donors (Lipinski definition) is 1. The fraction of sp³-hybridized carbons (Fsp3) is 0.643. The number of aromatic nitrogens is 1. The van der Waals surface area contributed by atoms with Gasteiger partial charge in [0, 0.05) is 32.0 Å². The van der Waals surface area contributed by atoms with Crippen molar-refractivity contribution in [3.63, 3.8) is 0 Å². The maximum absolute atomic E-state index is 4.35. The van der Waals surface area contributed by atoms with Crippen LogP contribution in [0.15, 0.2) is 18.3 Å². The van der Waals surface area contributed by atoms with E-state index in [0.717, 1.165) is 18.2 Å². The molecule has 1 aliphatic carbocycles. The molecule has 0 aliphatic heterocycles. The van der Waals surface area contributed by atoms with Crippen molar-refractivity contribution in [1.82, 2.24) is 10.3 Å². The molecule has 0 amide bonds. The highest BCUT2D eigenvalue weighted by Gasteiger charge is 2.17. The third kappa shape index (κ3) is 3.43. The van der Waals surface area contributed by atoms with Gasteiger partial charge in [0.2, 0.25) is 0 Å². The Morgan fingerprint density at radius 2 is 2.18 bits per heavy atom. The fourth-order valence-electron chi connectivity index (χ4n) is 2.67. The molecule has 0 aromatic carbocycles. The average Bonchev–Trinajstić information content (AvgIpc) is 2.83. The molecule has 1 saturated carbocycles. The lowest BCUT2D eigenvalue weighted by molar-refractivity contribution is 0.547. The first-order valence-electron chi connectivity index (χ1n) is 6.60. The molecule has 17 heavy (non-hydrogen) atoms. The van der Waals surface area contributed by atoms with E-state index in [1.54, 1.807) is 0 Å². The van der Waals surface area contributed by atoms with E-state index < -0.39 is 0 Å². The van der Waals surface area contributed by atoms with E-state index in [0.29, 0.717) is 0 Å². The van der Waals surface area contributed by atoms with Crippen LogP contribution in [0.3, 0.4) is 0 Å². The van der Waals surface area contributed by atoms with Crippen molar-refractivity contribution in [3.05, 3.63) is 24.0 Å². The monoisotopic (exact) mass is 233 g/mol. The Balaban J connectivity index is 1.97. The first-order valence-corrected chi connectivity index (χ1v) is 6.60. The molecule has 1 aliphatic rings. The lowest BCUT2D eigenvalue weighted by Gasteiger charge is -2.23. The van der Waals surface area contributed by atoms with Crippen molar-refractivity contribution in [1.29, 1.82) is 0 Å². The number of hydrogen-bond acceptors (Lipinski definition) is 3. The summed E-state index contributed by atoms with van der Waals surface area (Å²) in [5.74, 6) is 0.890. The summed E-state index contributed by atoms with van der Waals surface area (Å²) >= 11 is 0. The molecule has 3 nitrogen and oxygen atoms in total. The molecular weight excluding hydrogens is 210 g/mol. The van der Waals surface area contributed by atoms with Gasteiger partial charge in [0.25, 0.3) is 0 Å². The van der Waals surface area contributed by atoms with Gasteiger partial charge in [-0.25, -0.2) is 0 Å². The summed E-state index contributed by atoms with van der Waals surface area (Å²) in [6, 6.07) is 4.29. The van der Waals surface area contributed by atoms with Crippen LogP contribution in [0.5, 0.6) is 0 Å². The van der Waals surface area contributed by atoms with Crippen molar-refractivity contribution in [2.75, 3.05) is 25.5 Å².